The van der Waals surface area contributed by atoms with Gasteiger partial charge in [0, 0.05) is 0 Å². The number of allylic oxidation sites excluding steroid dienone is 2. The van der Waals surface area contributed by atoms with Crippen molar-refractivity contribution in [2.45, 2.75) is 25.0 Å². The molecule has 0 aromatic carbocycles. The number of epoxide rings is 2. The average molecular weight is 282 g/mol. The van der Waals surface area contributed by atoms with Gasteiger partial charge in [0.05, 0.1) is 25.0 Å². The van der Waals surface area contributed by atoms with E-state index in [4.69, 9.17) is 18.9 Å². The van der Waals surface area contributed by atoms with Crippen LogP contribution in [-0.4, -0.2) is 50.6 Å². The van der Waals surface area contributed by atoms with Gasteiger partial charge in [-0.15, -0.1) is 0 Å². The van der Waals surface area contributed by atoms with Gasteiger partial charge >= 0.3 is 11.9 Å². The van der Waals surface area contributed by atoms with E-state index < -0.39 is 11.8 Å². The van der Waals surface area contributed by atoms with Gasteiger partial charge in [-0.25, -0.2) is 0 Å². The minimum Gasteiger partial charge on any atom is -0.463 e. The lowest BCUT2D eigenvalue weighted by Gasteiger charge is -2.25. The molecule has 2 heterocycles. The molecule has 110 valence electrons. The topological polar surface area (TPSA) is 77.7 Å². The van der Waals surface area contributed by atoms with Crippen LogP contribution in [-0.2, 0) is 28.5 Å². The van der Waals surface area contributed by atoms with Crippen LogP contribution in [0.25, 0.3) is 0 Å². The first-order valence-electron chi connectivity index (χ1n) is 6.95. The highest BCUT2D eigenvalue weighted by Gasteiger charge is 2.38. The SMILES string of the molecule is O=C(OC[C@@H]1CO1)[C@H]1CC=CC[C@@H]1C(=O)OC[C@@H]1CO1. The van der Waals surface area contributed by atoms with Crippen molar-refractivity contribution in [3.63, 3.8) is 0 Å². The van der Waals surface area contributed by atoms with Crippen LogP contribution >= 0.6 is 0 Å². The van der Waals surface area contributed by atoms with Crippen molar-refractivity contribution in [2.24, 2.45) is 11.8 Å². The lowest BCUT2D eigenvalue weighted by molar-refractivity contribution is -0.161. The summed E-state index contributed by atoms with van der Waals surface area (Å²) in [4.78, 5) is 24.1. The molecule has 6 heteroatoms. The van der Waals surface area contributed by atoms with Gasteiger partial charge in [-0.1, -0.05) is 12.2 Å². The second-order valence-corrected chi connectivity index (χ2v) is 5.33. The minimum absolute atomic E-state index is 0.0375. The summed E-state index contributed by atoms with van der Waals surface area (Å²) < 4.78 is 20.4. The number of ether oxygens (including phenoxy) is 4. The quantitative estimate of drug-likeness (QED) is 0.400. The van der Waals surface area contributed by atoms with Crippen LogP contribution in [0, 0.1) is 11.8 Å². The Morgan fingerprint density at radius 3 is 1.65 bits per heavy atom. The fraction of sp³-hybridized carbons (Fsp3) is 0.714. The van der Waals surface area contributed by atoms with Gasteiger partial charge in [-0.3, -0.25) is 9.59 Å². The second kappa shape index (κ2) is 5.93. The van der Waals surface area contributed by atoms with E-state index in [9.17, 15) is 9.59 Å². The Morgan fingerprint density at radius 1 is 0.900 bits per heavy atom. The van der Waals surface area contributed by atoms with Crippen molar-refractivity contribution in [3.05, 3.63) is 12.2 Å². The van der Waals surface area contributed by atoms with Gasteiger partial charge < -0.3 is 18.9 Å². The molecule has 0 amide bonds. The number of rotatable bonds is 6. The van der Waals surface area contributed by atoms with Crippen LogP contribution in [0.4, 0.5) is 0 Å². The third-order valence-electron chi connectivity index (χ3n) is 3.67. The van der Waals surface area contributed by atoms with Crippen LogP contribution in [0.1, 0.15) is 12.8 Å². The van der Waals surface area contributed by atoms with Gasteiger partial charge in [0.1, 0.15) is 25.4 Å². The molecule has 0 N–H and O–H groups in total. The van der Waals surface area contributed by atoms with Crippen LogP contribution in [0.2, 0.25) is 0 Å². The van der Waals surface area contributed by atoms with Gasteiger partial charge in [0.2, 0.25) is 0 Å². The van der Waals surface area contributed by atoms with E-state index in [0.29, 0.717) is 26.1 Å². The van der Waals surface area contributed by atoms with Crippen molar-refractivity contribution in [2.75, 3.05) is 26.4 Å². The van der Waals surface area contributed by atoms with Crippen molar-refractivity contribution in [1.82, 2.24) is 0 Å². The molecule has 4 atom stereocenters. The molecule has 0 spiro atoms. The summed E-state index contributed by atoms with van der Waals surface area (Å²) in [6.07, 6.45) is 4.93. The Labute approximate surface area is 117 Å². The molecule has 0 unspecified atom stereocenters. The molecule has 0 bridgehead atoms. The third-order valence-corrected chi connectivity index (χ3v) is 3.67. The molecular formula is C14H18O6. The Morgan fingerprint density at radius 2 is 1.30 bits per heavy atom. The highest BCUT2D eigenvalue weighted by molar-refractivity contribution is 5.82. The first-order valence-corrected chi connectivity index (χ1v) is 6.95. The van der Waals surface area contributed by atoms with Crippen molar-refractivity contribution < 1.29 is 28.5 Å². The predicted molar refractivity (Wildman–Crippen MR) is 66.8 cm³/mol. The highest BCUT2D eigenvalue weighted by Crippen LogP contribution is 2.28. The highest BCUT2D eigenvalue weighted by atomic mass is 16.6. The fourth-order valence-electron chi connectivity index (χ4n) is 2.23. The lowest BCUT2D eigenvalue weighted by Crippen LogP contribution is -2.34. The summed E-state index contributed by atoms with van der Waals surface area (Å²) >= 11 is 0. The maximum atomic E-state index is 12.1. The Bertz CT molecular complexity index is 372. The summed E-state index contributed by atoms with van der Waals surface area (Å²) in [6.45, 7) is 1.84. The van der Waals surface area contributed by atoms with Gasteiger partial charge in [-0.05, 0) is 12.8 Å². The molecule has 3 aliphatic rings. The van der Waals surface area contributed by atoms with E-state index in [0.717, 1.165) is 0 Å². The molecule has 6 nitrogen and oxygen atoms in total. The van der Waals surface area contributed by atoms with E-state index in [2.05, 4.69) is 0 Å². The van der Waals surface area contributed by atoms with E-state index in [1.807, 2.05) is 12.2 Å². The van der Waals surface area contributed by atoms with E-state index in [-0.39, 0.29) is 37.4 Å². The largest absolute Gasteiger partial charge is 0.463 e. The Kier molecular flexibility index (Phi) is 4.03. The van der Waals surface area contributed by atoms with E-state index >= 15 is 0 Å². The molecule has 0 radical (unpaired) electrons. The van der Waals surface area contributed by atoms with Gasteiger partial charge in [0.25, 0.3) is 0 Å². The van der Waals surface area contributed by atoms with Crippen molar-refractivity contribution in [1.29, 1.82) is 0 Å². The van der Waals surface area contributed by atoms with Gasteiger partial charge in [0.15, 0.2) is 0 Å². The van der Waals surface area contributed by atoms with Crippen molar-refractivity contribution >= 4 is 11.9 Å². The van der Waals surface area contributed by atoms with Gasteiger partial charge in [-0.2, -0.15) is 0 Å². The zero-order valence-electron chi connectivity index (χ0n) is 11.2. The molecule has 1 aliphatic carbocycles. The predicted octanol–water partition coefficient (Wildman–Crippen LogP) is 0.453. The molecule has 2 aliphatic heterocycles. The maximum absolute atomic E-state index is 12.1. The lowest BCUT2D eigenvalue weighted by atomic mass is 9.83. The third kappa shape index (κ3) is 3.58. The molecule has 2 saturated heterocycles. The second-order valence-electron chi connectivity index (χ2n) is 5.33. The van der Waals surface area contributed by atoms with E-state index in [1.54, 1.807) is 0 Å². The Balaban J connectivity index is 1.52. The number of esters is 2. The molecule has 0 saturated carbocycles. The van der Waals surface area contributed by atoms with Crippen LogP contribution in [0.15, 0.2) is 12.2 Å². The summed E-state index contributed by atoms with van der Waals surface area (Å²) in [6, 6.07) is 0. The van der Waals surface area contributed by atoms with E-state index in [1.165, 1.54) is 0 Å². The summed E-state index contributed by atoms with van der Waals surface area (Å²) in [5.74, 6) is -1.58. The first kappa shape index (κ1) is 13.6. The van der Waals surface area contributed by atoms with Crippen LogP contribution in [0.5, 0.6) is 0 Å². The fourth-order valence-corrected chi connectivity index (χ4v) is 2.23. The zero-order chi connectivity index (χ0) is 13.9. The Hall–Kier alpha value is -1.40. The molecule has 3 rings (SSSR count). The monoisotopic (exact) mass is 282 g/mol. The molecule has 2 fully saturated rings. The molecular weight excluding hydrogens is 264 g/mol. The average Bonchev–Trinajstić information content (AvgIpc) is 3.36. The molecule has 0 aromatic rings. The smallest absolute Gasteiger partial charge is 0.310 e. The van der Waals surface area contributed by atoms with Crippen LogP contribution < -0.4 is 0 Å². The maximum Gasteiger partial charge on any atom is 0.310 e. The summed E-state index contributed by atoms with van der Waals surface area (Å²) in [5, 5.41) is 0. The van der Waals surface area contributed by atoms with Crippen molar-refractivity contribution in [3.8, 4) is 0 Å². The normalized spacial score (nSPS) is 34.4. The minimum atomic E-state index is -0.452. The summed E-state index contributed by atoms with van der Waals surface area (Å²) in [5.41, 5.74) is 0. The number of carbonyl (C=O) groups excluding carboxylic acids is 2. The molecule has 0 aromatic heterocycles. The first-order chi connectivity index (χ1) is 9.74. The number of carbonyl (C=O) groups is 2. The molecule has 20 heavy (non-hydrogen) atoms. The zero-order valence-corrected chi connectivity index (χ0v) is 11.2. The van der Waals surface area contributed by atoms with Crippen LogP contribution in [0.3, 0.4) is 0 Å². The number of hydrogen-bond donors (Lipinski definition) is 0. The standard InChI is InChI=1S/C14H18O6/c15-13(19-7-9-5-17-9)11-3-1-2-4-12(11)14(16)20-8-10-6-18-10/h1-2,9-12H,3-8H2/t9-,10-,11-,12-/m0/s1. The summed E-state index contributed by atoms with van der Waals surface area (Å²) in [7, 11) is 0. The number of hydrogen-bond acceptors (Lipinski definition) is 6.